The Balaban J connectivity index is 1.91. The van der Waals surface area contributed by atoms with Crippen molar-refractivity contribution in [2.45, 2.75) is 43.9 Å². The van der Waals surface area contributed by atoms with Crippen molar-refractivity contribution >= 4 is 21.7 Å². The van der Waals surface area contributed by atoms with Gasteiger partial charge in [0.15, 0.2) is 0 Å². The predicted molar refractivity (Wildman–Crippen MR) is 64.3 cm³/mol. The van der Waals surface area contributed by atoms with Crippen LogP contribution in [0, 0.1) is 0 Å². The molecule has 0 spiro atoms. The lowest BCUT2D eigenvalue weighted by atomic mass is 10.00. The molecule has 1 aromatic rings. The number of fused-ring (bicyclic) bond motifs is 2. The number of piperidine rings is 1. The van der Waals surface area contributed by atoms with Gasteiger partial charge in [-0.05, 0) is 41.6 Å². The van der Waals surface area contributed by atoms with Gasteiger partial charge < -0.3 is 10.0 Å². The first-order valence-corrected chi connectivity index (χ1v) is 6.47. The van der Waals surface area contributed by atoms with E-state index in [1.807, 2.05) is 6.07 Å². The summed E-state index contributed by atoms with van der Waals surface area (Å²) in [6.45, 7) is 0. The molecule has 1 aromatic heterocycles. The zero-order valence-electron chi connectivity index (χ0n) is 8.88. The number of anilines is 1. The molecule has 2 unspecified atom stereocenters. The van der Waals surface area contributed by atoms with Crippen molar-refractivity contribution in [3.63, 3.8) is 0 Å². The van der Waals surface area contributed by atoms with Crippen molar-refractivity contribution in [2.75, 3.05) is 4.90 Å². The van der Waals surface area contributed by atoms with Crippen LogP contribution in [0.4, 0.5) is 5.82 Å². The van der Waals surface area contributed by atoms with Gasteiger partial charge in [-0.15, -0.1) is 0 Å². The maximum absolute atomic E-state index is 9.74. The van der Waals surface area contributed by atoms with E-state index >= 15 is 0 Å². The molecule has 3 rings (SSSR count). The zero-order chi connectivity index (χ0) is 11.1. The number of aliphatic hydroxyl groups excluding tert-OH is 1. The highest BCUT2D eigenvalue weighted by Gasteiger charge is 2.40. The Morgan fingerprint density at radius 3 is 2.56 bits per heavy atom. The largest absolute Gasteiger partial charge is 0.393 e. The second-order valence-electron chi connectivity index (χ2n) is 4.62. The van der Waals surface area contributed by atoms with Crippen LogP contribution in [-0.4, -0.2) is 33.3 Å². The molecule has 2 fully saturated rings. The summed E-state index contributed by atoms with van der Waals surface area (Å²) < 4.78 is 0.822. The average molecular weight is 284 g/mol. The second kappa shape index (κ2) is 3.96. The van der Waals surface area contributed by atoms with Gasteiger partial charge in [-0.25, -0.2) is 9.97 Å². The Morgan fingerprint density at radius 2 is 1.94 bits per heavy atom. The second-order valence-corrected chi connectivity index (χ2v) is 5.43. The minimum Gasteiger partial charge on any atom is -0.393 e. The van der Waals surface area contributed by atoms with Crippen molar-refractivity contribution in [2.24, 2.45) is 0 Å². The summed E-state index contributed by atoms with van der Waals surface area (Å²) in [7, 11) is 0. The van der Waals surface area contributed by atoms with Gasteiger partial charge in [-0.1, -0.05) is 0 Å². The molecule has 2 atom stereocenters. The van der Waals surface area contributed by atoms with Gasteiger partial charge in [0.2, 0.25) is 0 Å². The van der Waals surface area contributed by atoms with E-state index in [9.17, 15) is 5.11 Å². The number of halogens is 1. The minimum absolute atomic E-state index is 0.126. The molecule has 3 heterocycles. The van der Waals surface area contributed by atoms with E-state index in [4.69, 9.17) is 0 Å². The lowest BCUT2D eigenvalue weighted by Gasteiger charge is -2.38. The zero-order valence-corrected chi connectivity index (χ0v) is 10.5. The molecule has 86 valence electrons. The molecule has 0 radical (unpaired) electrons. The topological polar surface area (TPSA) is 49.2 Å². The monoisotopic (exact) mass is 283 g/mol. The molecular weight excluding hydrogens is 270 g/mol. The molecule has 0 saturated carbocycles. The third kappa shape index (κ3) is 1.72. The van der Waals surface area contributed by atoms with Crippen LogP contribution in [0.5, 0.6) is 0 Å². The first-order valence-electron chi connectivity index (χ1n) is 5.68. The predicted octanol–water partition coefficient (Wildman–Crippen LogP) is 1.73. The molecule has 5 heteroatoms. The van der Waals surface area contributed by atoms with Crippen LogP contribution >= 0.6 is 15.9 Å². The number of aromatic nitrogens is 2. The fourth-order valence-corrected chi connectivity index (χ4v) is 3.28. The van der Waals surface area contributed by atoms with Crippen LogP contribution in [0.1, 0.15) is 25.7 Å². The van der Waals surface area contributed by atoms with Gasteiger partial charge >= 0.3 is 0 Å². The van der Waals surface area contributed by atoms with Gasteiger partial charge in [-0.3, -0.25) is 0 Å². The summed E-state index contributed by atoms with van der Waals surface area (Å²) >= 11 is 3.37. The minimum atomic E-state index is -0.126. The molecule has 2 aliphatic heterocycles. The third-order valence-corrected chi connectivity index (χ3v) is 4.03. The quantitative estimate of drug-likeness (QED) is 0.798. The highest BCUT2D eigenvalue weighted by molar-refractivity contribution is 9.10. The molecule has 1 N–H and O–H groups in total. The lowest BCUT2D eigenvalue weighted by molar-refractivity contribution is 0.126. The number of nitrogens with zero attached hydrogens (tertiary/aromatic N) is 3. The first-order chi connectivity index (χ1) is 7.74. The van der Waals surface area contributed by atoms with E-state index in [0.717, 1.165) is 23.3 Å². The Bertz CT molecular complexity index is 387. The number of rotatable bonds is 1. The SMILES string of the molecule is OC1CC2CCC(C1)N2c1cc(Br)ncn1. The summed E-state index contributed by atoms with van der Waals surface area (Å²) in [5.74, 6) is 0.987. The standard InChI is InChI=1S/C11H14BrN3O/c12-10-5-11(14-6-13-10)15-7-1-2-8(15)4-9(16)3-7/h5-9,16H,1-4H2. The Kier molecular flexibility index (Phi) is 2.59. The van der Waals surface area contributed by atoms with Crippen molar-refractivity contribution in [3.05, 3.63) is 17.0 Å². The first kappa shape index (κ1) is 10.5. The maximum atomic E-state index is 9.74. The highest BCUT2D eigenvalue weighted by atomic mass is 79.9. The molecule has 2 bridgehead atoms. The molecular formula is C11H14BrN3O. The fraction of sp³-hybridized carbons (Fsp3) is 0.636. The highest BCUT2D eigenvalue weighted by Crippen LogP contribution is 2.38. The number of aliphatic hydroxyl groups is 1. The van der Waals surface area contributed by atoms with Gasteiger partial charge in [0.1, 0.15) is 16.7 Å². The summed E-state index contributed by atoms with van der Waals surface area (Å²) in [4.78, 5) is 10.7. The van der Waals surface area contributed by atoms with E-state index in [0.29, 0.717) is 12.1 Å². The van der Waals surface area contributed by atoms with Gasteiger partial charge in [0.25, 0.3) is 0 Å². The van der Waals surface area contributed by atoms with E-state index in [2.05, 4.69) is 30.8 Å². The Hall–Kier alpha value is -0.680. The molecule has 2 saturated heterocycles. The van der Waals surface area contributed by atoms with Gasteiger partial charge in [0.05, 0.1) is 6.10 Å². The Morgan fingerprint density at radius 1 is 1.25 bits per heavy atom. The summed E-state index contributed by atoms with van der Waals surface area (Å²) in [6.07, 6.45) is 5.55. The van der Waals surface area contributed by atoms with Crippen molar-refractivity contribution in [1.82, 2.24) is 9.97 Å². The summed E-state index contributed by atoms with van der Waals surface area (Å²) in [5.41, 5.74) is 0. The van der Waals surface area contributed by atoms with Crippen LogP contribution in [0.15, 0.2) is 17.0 Å². The Labute approximate surface area is 103 Å². The lowest BCUT2D eigenvalue weighted by Crippen LogP contribution is -2.45. The van der Waals surface area contributed by atoms with Crippen LogP contribution in [0.2, 0.25) is 0 Å². The maximum Gasteiger partial charge on any atom is 0.133 e. The van der Waals surface area contributed by atoms with Crippen molar-refractivity contribution < 1.29 is 5.11 Å². The van der Waals surface area contributed by atoms with E-state index < -0.39 is 0 Å². The molecule has 0 aromatic carbocycles. The number of hydrogen-bond donors (Lipinski definition) is 1. The van der Waals surface area contributed by atoms with E-state index in [1.165, 1.54) is 12.8 Å². The average Bonchev–Trinajstić information content (AvgIpc) is 2.51. The molecule has 0 aliphatic carbocycles. The van der Waals surface area contributed by atoms with Crippen LogP contribution in [0.25, 0.3) is 0 Å². The van der Waals surface area contributed by atoms with Crippen molar-refractivity contribution in [1.29, 1.82) is 0 Å². The fourth-order valence-electron chi connectivity index (χ4n) is 2.99. The van der Waals surface area contributed by atoms with Crippen molar-refractivity contribution in [3.8, 4) is 0 Å². The van der Waals surface area contributed by atoms with Gasteiger partial charge in [-0.2, -0.15) is 0 Å². The van der Waals surface area contributed by atoms with Crippen LogP contribution in [0.3, 0.4) is 0 Å². The molecule has 16 heavy (non-hydrogen) atoms. The van der Waals surface area contributed by atoms with Gasteiger partial charge in [0, 0.05) is 18.2 Å². The van der Waals surface area contributed by atoms with E-state index in [-0.39, 0.29) is 6.10 Å². The molecule has 4 nitrogen and oxygen atoms in total. The smallest absolute Gasteiger partial charge is 0.133 e. The summed E-state index contributed by atoms with van der Waals surface area (Å²) in [5, 5.41) is 9.74. The van der Waals surface area contributed by atoms with Crippen LogP contribution < -0.4 is 4.90 Å². The molecule has 2 aliphatic rings. The molecule has 0 amide bonds. The van der Waals surface area contributed by atoms with Crippen LogP contribution in [-0.2, 0) is 0 Å². The summed E-state index contributed by atoms with van der Waals surface area (Å²) in [6, 6.07) is 2.87. The van der Waals surface area contributed by atoms with E-state index in [1.54, 1.807) is 6.33 Å². The number of hydrogen-bond acceptors (Lipinski definition) is 4. The normalized spacial score (nSPS) is 33.1. The third-order valence-electron chi connectivity index (χ3n) is 3.59.